The summed E-state index contributed by atoms with van der Waals surface area (Å²) in [5, 5.41) is 4.88. The lowest BCUT2D eigenvalue weighted by Crippen LogP contribution is -2.25. The van der Waals surface area contributed by atoms with E-state index in [4.69, 9.17) is 13.9 Å². The molecule has 0 saturated carbocycles. The van der Waals surface area contributed by atoms with Crippen molar-refractivity contribution in [1.82, 2.24) is 10.3 Å². The maximum absolute atomic E-state index is 12.3. The van der Waals surface area contributed by atoms with Gasteiger partial charge in [-0.15, -0.1) is 11.3 Å². The van der Waals surface area contributed by atoms with Crippen LogP contribution >= 0.6 is 11.3 Å². The molecule has 0 atom stereocenters. The van der Waals surface area contributed by atoms with Crippen LogP contribution in [0.3, 0.4) is 0 Å². The number of aryl methyl sites for hydroxylation is 1. The fourth-order valence-electron chi connectivity index (χ4n) is 2.71. The third-order valence-corrected chi connectivity index (χ3v) is 4.91. The summed E-state index contributed by atoms with van der Waals surface area (Å²) in [4.78, 5) is 17.7. The average Bonchev–Trinajstić information content (AvgIpc) is 3.30. The Balaban J connectivity index is 1.37. The van der Waals surface area contributed by atoms with Gasteiger partial charge in [-0.25, -0.2) is 4.98 Å². The van der Waals surface area contributed by atoms with Gasteiger partial charge in [0.2, 0.25) is 11.8 Å². The summed E-state index contributed by atoms with van der Waals surface area (Å²) in [7, 11) is 0. The summed E-state index contributed by atoms with van der Waals surface area (Å²) in [5.41, 5.74) is 1.62. The van der Waals surface area contributed by atoms with E-state index in [1.165, 1.54) is 0 Å². The first kappa shape index (κ1) is 16.7. The van der Waals surface area contributed by atoms with E-state index < -0.39 is 0 Å². The van der Waals surface area contributed by atoms with Gasteiger partial charge in [0, 0.05) is 6.54 Å². The number of carbonyl (C=O) groups excluding carboxylic acids is 1. The number of amides is 1. The first-order valence-electron chi connectivity index (χ1n) is 8.34. The Labute approximate surface area is 154 Å². The second-order valence-corrected chi connectivity index (χ2v) is 6.88. The number of hydrogen-bond acceptors (Lipinski definition) is 6. The molecule has 0 bridgehead atoms. The highest BCUT2D eigenvalue weighted by Gasteiger charge is 2.16. The lowest BCUT2D eigenvalue weighted by atomic mass is 10.2. The zero-order valence-electron chi connectivity index (χ0n) is 14.3. The van der Waals surface area contributed by atoms with Crippen LogP contribution in [0.1, 0.15) is 17.0 Å². The highest BCUT2D eigenvalue weighted by molar-refractivity contribution is 7.13. The molecule has 0 spiro atoms. The minimum Gasteiger partial charge on any atom is -0.486 e. The first-order chi connectivity index (χ1) is 12.7. The van der Waals surface area contributed by atoms with Gasteiger partial charge in [0.25, 0.3) is 0 Å². The Hall–Kier alpha value is -2.80. The molecular weight excluding hydrogens is 352 g/mol. The highest BCUT2D eigenvalue weighted by Crippen LogP contribution is 2.30. The molecule has 6 nitrogen and oxygen atoms in total. The van der Waals surface area contributed by atoms with E-state index in [1.807, 2.05) is 42.6 Å². The molecule has 2 aromatic heterocycles. The summed E-state index contributed by atoms with van der Waals surface area (Å²) in [5.74, 6) is 2.59. The van der Waals surface area contributed by atoms with Crippen LogP contribution in [-0.4, -0.2) is 24.1 Å². The maximum Gasteiger partial charge on any atom is 0.236 e. The number of carbonyl (C=O) groups is 1. The molecule has 1 aliphatic heterocycles. The zero-order chi connectivity index (χ0) is 17.9. The fraction of sp³-hybridized carbons (Fsp3) is 0.263. The van der Waals surface area contributed by atoms with Gasteiger partial charge < -0.3 is 19.2 Å². The van der Waals surface area contributed by atoms with Crippen molar-refractivity contribution in [2.75, 3.05) is 13.2 Å². The van der Waals surface area contributed by atoms with E-state index in [2.05, 4.69) is 10.3 Å². The molecule has 0 unspecified atom stereocenters. The third kappa shape index (κ3) is 3.57. The fourth-order valence-corrected chi connectivity index (χ4v) is 3.36. The van der Waals surface area contributed by atoms with Crippen molar-refractivity contribution >= 4 is 17.2 Å². The number of thiophene rings is 1. The molecule has 1 N–H and O–H groups in total. The van der Waals surface area contributed by atoms with Crippen LogP contribution in [0, 0.1) is 6.92 Å². The van der Waals surface area contributed by atoms with Crippen LogP contribution in [-0.2, 0) is 17.8 Å². The van der Waals surface area contributed by atoms with Gasteiger partial charge in [0.15, 0.2) is 11.5 Å². The third-order valence-electron chi connectivity index (χ3n) is 4.05. The van der Waals surface area contributed by atoms with Crippen molar-refractivity contribution in [3.8, 4) is 22.3 Å². The van der Waals surface area contributed by atoms with E-state index in [1.54, 1.807) is 11.3 Å². The van der Waals surface area contributed by atoms with Gasteiger partial charge in [-0.1, -0.05) is 12.1 Å². The Morgan fingerprint density at radius 1 is 1.23 bits per heavy atom. The minimum absolute atomic E-state index is 0.103. The lowest BCUT2D eigenvalue weighted by Gasteiger charge is -2.18. The molecule has 0 aliphatic carbocycles. The van der Waals surface area contributed by atoms with Crippen molar-refractivity contribution in [3.63, 3.8) is 0 Å². The summed E-state index contributed by atoms with van der Waals surface area (Å²) in [6, 6.07) is 9.57. The number of rotatable bonds is 5. The number of aromatic nitrogens is 1. The Morgan fingerprint density at radius 3 is 2.88 bits per heavy atom. The Morgan fingerprint density at radius 2 is 2.08 bits per heavy atom. The van der Waals surface area contributed by atoms with Gasteiger partial charge in [-0.05, 0) is 36.1 Å². The lowest BCUT2D eigenvalue weighted by molar-refractivity contribution is -0.120. The number of nitrogens with zero attached hydrogens (tertiary/aromatic N) is 1. The topological polar surface area (TPSA) is 73.6 Å². The number of ether oxygens (including phenoxy) is 2. The van der Waals surface area contributed by atoms with Gasteiger partial charge in [0.1, 0.15) is 19.0 Å². The first-order valence-corrected chi connectivity index (χ1v) is 9.22. The monoisotopic (exact) mass is 370 g/mol. The normalized spacial score (nSPS) is 12.8. The second kappa shape index (κ2) is 7.21. The number of hydrogen-bond donors (Lipinski definition) is 1. The van der Waals surface area contributed by atoms with Gasteiger partial charge >= 0.3 is 0 Å². The van der Waals surface area contributed by atoms with E-state index in [9.17, 15) is 4.79 Å². The molecular formula is C19H18N2O4S. The zero-order valence-corrected chi connectivity index (χ0v) is 15.1. The van der Waals surface area contributed by atoms with Crippen molar-refractivity contribution < 1.29 is 18.7 Å². The van der Waals surface area contributed by atoms with Crippen LogP contribution in [0.25, 0.3) is 10.8 Å². The standard InChI is InChI=1S/C19H18N2O4S/c1-12-14(21-19(25-12)17-3-2-8-26-17)10-18(22)20-11-13-4-5-15-16(9-13)24-7-6-23-15/h2-5,8-9H,6-7,10-11H2,1H3,(H,20,22). The Bertz CT molecular complexity index is 918. The smallest absolute Gasteiger partial charge is 0.236 e. The predicted octanol–water partition coefficient (Wildman–Crippen LogP) is 3.34. The maximum atomic E-state index is 12.3. The van der Waals surface area contributed by atoms with Crippen LogP contribution in [0.5, 0.6) is 11.5 Å². The molecule has 3 aromatic rings. The van der Waals surface area contributed by atoms with Crippen LogP contribution in [0.4, 0.5) is 0 Å². The van der Waals surface area contributed by atoms with Gasteiger partial charge in [-0.3, -0.25) is 4.79 Å². The number of fused-ring (bicyclic) bond motifs is 1. The van der Waals surface area contributed by atoms with Crippen molar-refractivity contribution in [1.29, 1.82) is 0 Å². The number of nitrogens with one attached hydrogen (secondary N) is 1. The molecule has 7 heteroatoms. The second-order valence-electron chi connectivity index (χ2n) is 5.93. The molecule has 26 heavy (non-hydrogen) atoms. The summed E-state index contributed by atoms with van der Waals surface area (Å²) >= 11 is 1.56. The van der Waals surface area contributed by atoms with Gasteiger partial charge in [0.05, 0.1) is 17.0 Å². The van der Waals surface area contributed by atoms with Crippen LogP contribution < -0.4 is 14.8 Å². The molecule has 134 valence electrons. The molecule has 1 amide bonds. The number of oxazole rings is 1. The molecule has 0 saturated heterocycles. The summed E-state index contributed by atoms with van der Waals surface area (Å²) < 4.78 is 16.7. The van der Waals surface area contributed by atoms with Crippen LogP contribution in [0.2, 0.25) is 0 Å². The van der Waals surface area contributed by atoms with E-state index >= 15 is 0 Å². The predicted molar refractivity (Wildman–Crippen MR) is 97.5 cm³/mol. The average molecular weight is 370 g/mol. The molecule has 0 fully saturated rings. The van der Waals surface area contributed by atoms with Crippen LogP contribution in [0.15, 0.2) is 40.1 Å². The van der Waals surface area contributed by atoms with Crippen molar-refractivity contribution in [2.24, 2.45) is 0 Å². The molecule has 0 radical (unpaired) electrons. The van der Waals surface area contributed by atoms with Gasteiger partial charge in [-0.2, -0.15) is 0 Å². The number of benzene rings is 1. The summed E-state index contributed by atoms with van der Waals surface area (Å²) in [6.07, 6.45) is 0.186. The Kier molecular flexibility index (Phi) is 4.62. The van der Waals surface area contributed by atoms with E-state index in [-0.39, 0.29) is 12.3 Å². The SMILES string of the molecule is Cc1oc(-c2cccs2)nc1CC(=O)NCc1ccc2c(c1)OCCO2. The van der Waals surface area contributed by atoms with E-state index in [0.717, 1.165) is 21.9 Å². The van der Waals surface area contributed by atoms with Crippen molar-refractivity contribution in [3.05, 3.63) is 52.7 Å². The van der Waals surface area contributed by atoms with E-state index in [0.29, 0.717) is 37.1 Å². The minimum atomic E-state index is -0.103. The quantitative estimate of drug-likeness (QED) is 0.746. The molecule has 4 rings (SSSR count). The summed E-state index contributed by atoms with van der Waals surface area (Å²) in [6.45, 7) is 3.35. The largest absolute Gasteiger partial charge is 0.486 e. The molecule has 3 heterocycles. The highest BCUT2D eigenvalue weighted by atomic mass is 32.1. The van der Waals surface area contributed by atoms with Crippen molar-refractivity contribution in [2.45, 2.75) is 19.9 Å². The molecule has 1 aliphatic rings. The molecule has 1 aromatic carbocycles.